The van der Waals surface area contributed by atoms with Gasteiger partial charge in [-0.2, -0.15) is 5.10 Å². The van der Waals surface area contributed by atoms with Gasteiger partial charge in [-0.3, -0.25) is 9.91 Å². The summed E-state index contributed by atoms with van der Waals surface area (Å²) in [5.41, 5.74) is 6.09. The van der Waals surface area contributed by atoms with Crippen LogP contribution in [0.15, 0.2) is 41.5 Å². The van der Waals surface area contributed by atoms with E-state index in [-0.39, 0.29) is 0 Å². The summed E-state index contributed by atoms with van der Waals surface area (Å²) in [7, 11) is 0. The third-order valence-corrected chi connectivity index (χ3v) is 5.61. The first-order valence-corrected chi connectivity index (χ1v) is 9.72. The second-order valence-electron chi connectivity index (χ2n) is 6.97. The molecule has 138 valence electrons. The normalized spacial score (nSPS) is 16.2. The average Bonchev–Trinajstić information content (AvgIpc) is 2.61. The zero-order valence-corrected chi connectivity index (χ0v) is 17.1. The maximum atomic E-state index is 6.11. The van der Waals surface area contributed by atoms with Crippen LogP contribution in [0.25, 0.3) is 0 Å². The molecule has 3 rings (SSSR count). The summed E-state index contributed by atoms with van der Waals surface area (Å²) < 4.78 is 0. The van der Waals surface area contributed by atoms with E-state index < -0.39 is 0 Å². The van der Waals surface area contributed by atoms with Gasteiger partial charge in [0.05, 0.1) is 15.8 Å². The Morgan fingerprint density at radius 2 is 1.69 bits per heavy atom. The van der Waals surface area contributed by atoms with Crippen LogP contribution in [-0.4, -0.2) is 41.8 Å². The van der Waals surface area contributed by atoms with Gasteiger partial charge in [-0.25, -0.2) is 0 Å². The predicted octanol–water partition coefficient (Wildman–Crippen LogP) is 5.15. The summed E-state index contributed by atoms with van der Waals surface area (Å²) in [5, 5.41) is 8.06. The molecule has 0 radical (unpaired) electrons. The van der Waals surface area contributed by atoms with E-state index >= 15 is 0 Å². The number of nitrogens with zero attached hydrogens (tertiary/aromatic N) is 3. The van der Waals surface area contributed by atoms with E-state index in [1.54, 1.807) is 0 Å². The van der Waals surface area contributed by atoms with Crippen molar-refractivity contribution in [2.24, 2.45) is 5.10 Å². The van der Waals surface area contributed by atoms with Gasteiger partial charge in [0.15, 0.2) is 0 Å². The van der Waals surface area contributed by atoms with Crippen molar-refractivity contribution in [1.29, 1.82) is 0 Å². The number of rotatable bonds is 4. The van der Waals surface area contributed by atoms with Crippen molar-refractivity contribution in [3.63, 3.8) is 0 Å². The summed E-state index contributed by atoms with van der Waals surface area (Å²) in [6.07, 6.45) is 0. The maximum Gasteiger partial charge on any atom is 0.0647 e. The van der Waals surface area contributed by atoms with Crippen molar-refractivity contribution in [3.05, 3.63) is 68.7 Å². The van der Waals surface area contributed by atoms with Gasteiger partial charge in [0.2, 0.25) is 0 Å². The highest BCUT2D eigenvalue weighted by atomic mass is 35.5. The fourth-order valence-corrected chi connectivity index (χ4v) is 3.55. The number of hydrogen-bond acceptors (Lipinski definition) is 3. The monoisotopic (exact) mass is 389 g/mol. The van der Waals surface area contributed by atoms with Crippen LogP contribution in [0.2, 0.25) is 10.0 Å². The summed E-state index contributed by atoms with van der Waals surface area (Å²) >= 11 is 12.1. The minimum atomic E-state index is 0.567. The molecule has 0 bridgehead atoms. The van der Waals surface area contributed by atoms with Crippen molar-refractivity contribution >= 4 is 28.9 Å². The molecule has 1 fully saturated rings. The van der Waals surface area contributed by atoms with Gasteiger partial charge < -0.3 is 0 Å². The summed E-state index contributed by atoms with van der Waals surface area (Å²) in [4.78, 5) is 2.50. The van der Waals surface area contributed by atoms with Crippen LogP contribution in [0.5, 0.6) is 0 Å². The molecule has 0 aliphatic carbocycles. The number of piperazine rings is 1. The lowest BCUT2D eigenvalue weighted by Crippen LogP contribution is -2.44. The zero-order valence-electron chi connectivity index (χ0n) is 15.6. The summed E-state index contributed by atoms with van der Waals surface area (Å²) in [6.45, 7) is 11.3. The smallest absolute Gasteiger partial charge is 0.0647 e. The van der Waals surface area contributed by atoms with Crippen LogP contribution >= 0.6 is 23.2 Å². The first kappa shape index (κ1) is 19.2. The molecule has 1 saturated heterocycles. The van der Waals surface area contributed by atoms with Crippen molar-refractivity contribution in [1.82, 2.24) is 9.91 Å². The molecule has 0 saturated carbocycles. The zero-order chi connectivity index (χ0) is 18.7. The van der Waals surface area contributed by atoms with Gasteiger partial charge in [0.25, 0.3) is 0 Å². The lowest BCUT2D eigenvalue weighted by Gasteiger charge is -2.33. The number of aryl methyl sites for hydroxylation is 2. The Hall–Kier alpha value is -1.55. The highest BCUT2D eigenvalue weighted by molar-refractivity contribution is 6.42. The number of hydrazone groups is 1. The fraction of sp³-hybridized carbons (Fsp3) is 0.381. The van der Waals surface area contributed by atoms with E-state index in [1.165, 1.54) is 16.7 Å². The highest BCUT2D eigenvalue weighted by Gasteiger charge is 2.17. The third kappa shape index (κ3) is 4.79. The van der Waals surface area contributed by atoms with Crippen LogP contribution in [0.1, 0.15) is 29.2 Å². The van der Waals surface area contributed by atoms with Crippen LogP contribution in [0.4, 0.5) is 0 Å². The molecule has 0 atom stereocenters. The quantitative estimate of drug-likeness (QED) is 0.673. The standard InChI is InChI=1S/C21H25Cl2N3/c1-15-4-5-19(16(2)12-15)14-25-8-10-26(11-9-25)24-17(3)18-6-7-20(22)21(23)13-18/h4-7,12-13H,8-11,14H2,1-3H3. The van der Waals surface area contributed by atoms with Gasteiger partial charge in [-0.1, -0.05) is 53.0 Å². The van der Waals surface area contributed by atoms with Crippen LogP contribution in [0.3, 0.4) is 0 Å². The average molecular weight is 390 g/mol. The molecule has 5 heteroatoms. The Bertz CT molecular complexity index is 809. The molecule has 1 aliphatic heterocycles. The minimum absolute atomic E-state index is 0.567. The van der Waals surface area contributed by atoms with Crippen LogP contribution in [-0.2, 0) is 6.54 Å². The van der Waals surface area contributed by atoms with E-state index in [0.29, 0.717) is 10.0 Å². The van der Waals surface area contributed by atoms with Crippen LogP contribution < -0.4 is 0 Å². The fourth-order valence-electron chi connectivity index (χ4n) is 3.25. The molecule has 1 aliphatic rings. The van der Waals surface area contributed by atoms with Gasteiger partial charge in [-0.15, -0.1) is 0 Å². The Kier molecular flexibility index (Phi) is 6.23. The van der Waals surface area contributed by atoms with Crippen molar-refractivity contribution in [2.45, 2.75) is 27.3 Å². The first-order valence-electron chi connectivity index (χ1n) is 8.96. The summed E-state index contributed by atoms with van der Waals surface area (Å²) in [5.74, 6) is 0. The molecular weight excluding hydrogens is 365 g/mol. The molecule has 0 spiro atoms. The van der Waals surface area contributed by atoms with E-state index in [0.717, 1.165) is 44.0 Å². The Morgan fingerprint density at radius 3 is 2.35 bits per heavy atom. The minimum Gasteiger partial charge on any atom is -0.295 e. The maximum absolute atomic E-state index is 6.11. The summed E-state index contributed by atoms with van der Waals surface area (Å²) in [6, 6.07) is 12.4. The van der Waals surface area contributed by atoms with Gasteiger partial charge in [0.1, 0.15) is 0 Å². The van der Waals surface area contributed by atoms with Gasteiger partial charge in [0, 0.05) is 32.7 Å². The van der Waals surface area contributed by atoms with Gasteiger partial charge in [-0.05, 0) is 49.6 Å². The molecule has 0 aromatic heterocycles. The Morgan fingerprint density at radius 1 is 0.962 bits per heavy atom. The number of halogens is 2. The SMILES string of the molecule is CC(=NN1CCN(Cc2ccc(C)cc2C)CC1)c1ccc(Cl)c(Cl)c1. The van der Waals surface area contributed by atoms with Crippen molar-refractivity contribution in [2.75, 3.05) is 26.2 Å². The molecule has 3 nitrogen and oxygen atoms in total. The van der Waals surface area contributed by atoms with E-state index in [1.807, 2.05) is 25.1 Å². The second kappa shape index (κ2) is 8.43. The van der Waals surface area contributed by atoms with E-state index in [9.17, 15) is 0 Å². The Labute approximate surface area is 166 Å². The number of benzene rings is 2. The second-order valence-corrected chi connectivity index (χ2v) is 7.79. The third-order valence-electron chi connectivity index (χ3n) is 4.87. The molecule has 0 unspecified atom stereocenters. The molecule has 26 heavy (non-hydrogen) atoms. The van der Waals surface area contributed by atoms with Crippen LogP contribution in [0, 0.1) is 13.8 Å². The topological polar surface area (TPSA) is 18.8 Å². The molecule has 1 heterocycles. The van der Waals surface area contributed by atoms with E-state index in [2.05, 4.69) is 42.0 Å². The molecule has 0 N–H and O–H groups in total. The molecule has 0 amide bonds. The lowest BCUT2D eigenvalue weighted by molar-refractivity contribution is 0.130. The Balaban J connectivity index is 1.58. The number of hydrogen-bond donors (Lipinski definition) is 0. The molecule has 2 aromatic rings. The van der Waals surface area contributed by atoms with Crippen molar-refractivity contribution in [3.8, 4) is 0 Å². The molecule has 2 aromatic carbocycles. The largest absolute Gasteiger partial charge is 0.295 e. The molecular formula is C21H25Cl2N3. The predicted molar refractivity (Wildman–Crippen MR) is 111 cm³/mol. The first-order chi connectivity index (χ1) is 12.4. The van der Waals surface area contributed by atoms with Gasteiger partial charge >= 0.3 is 0 Å². The van der Waals surface area contributed by atoms with E-state index in [4.69, 9.17) is 28.3 Å². The highest BCUT2D eigenvalue weighted by Crippen LogP contribution is 2.23. The lowest BCUT2D eigenvalue weighted by atomic mass is 10.1. The van der Waals surface area contributed by atoms with Crippen molar-refractivity contribution < 1.29 is 0 Å².